The molecule has 2 rings (SSSR count). The number of pyridine rings is 1. The molecule has 2 aromatic rings. The van der Waals surface area contributed by atoms with Crippen molar-refractivity contribution in [2.24, 2.45) is 0 Å². The third kappa shape index (κ3) is 3.32. The summed E-state index contributed by atoms with van der Waals surface area (Å²) in [5.41, 5.74) is 8.26. The summed E-state index contributed by atoms with van der Waals surface area (Å²) in [5.74, 6) is -0.421. The summed E-state index contributed by atoms with van der Waals surface area (Å²) in [7, 11) is 0. The van der Waals surface area contributed by atoms with Crippen LogP contribution in [0, 0.1) is 6.92 Å². The Balaban J connectivity index is 2.10. The van der Waals surface area contributed by atoms with E-state index in [0.29, 0.717) is 11.3 Å². The molecule has 1 heterocycles. The molecule has 0 atom stereocenters. The van der Waals surface area contributed by atoms with Crippen LogP contribution >= 0.6 is 15.9 Å². The van der Waals surface area contributed by atoms with Crippen molar-refractivity contribution in [1.29, 1.82) is 0 Å². The Kier molecular flexibility index (Phi) is 4.16. The number of aromatic nitrogens is 1. The molecule has 0 fully saturated rings. The van der Waals surface area contributed by atoms with E-state index in [-0.39, 0.29) is 6.61 Å². The van der Waals surface area contributed by atoms with E-state index in [2.05, 4.69) is 20.9 Å². The van der Waals surface area contributed by atoms with Crippen LogP contribution in [0.5, 0.6) is 0 Å². The van der Waals surface area contributed by atoms with Gasteiger partial charge in [0.15, 0.2) is 0 Å². The molecule has 1 aromatic heterocycles. The Labute approximate surface area is 119 Å². The van der Waals surface area contributed by atoms with Gasteiger partial charge in [0.1, 0.15) is 6.61 Å². The van der Waals surface area contributed by atoms with Crippen molar-refractivity contribution in [3.05, 3.63) is 57.8 Å². The number of hydrogen-bond donors (Lipinski definition) is 1. The van der Waals surface area contributed by atoms with Crippen molar-refractivity contribution in [3.8, 4) is 0 Å². The quantitative estimate of drug-likeness (QED) is 0.697. The molecular formula is C14H13BrN2O2. The Bertz CT molecular complexity index is 594. The van der Waals surface area contributed by atoms with Gasteiger partial charge in [0, 0.05) is 28.1 Å². The number of nitrogens with two attached hydrogens (primary N) is 1. The first-order valence-electron chi connectivity index (χ1n) is 5.69. The first kappa shape index (κ1) is 13.5. The highest BCUT2D eigenvalue weighted by Gasteiger charge is 2.14. The fourth-order valence-electron chi connectivity index (χ4n) is 1.73. The van der Waals surface area contributed by atoms with Crippen LogP contribution in [0.2, 0.25) is 0 Å². The average molecular weight is 321 g/mol. The summed E-state index contributed by atoms with van der Waals surface area (Å²) in [5, 5.41) is 0. The number of hydrogen-bond acceptors (Lipinski definition) is 4. The number of ether oxygens (including phenoxy) is 1. The number of anilines is 1. The van der Waals surface area contributed by atoms with Gasteiger partial charge in [-0.15, -0.1) is 0 Å². The van der Waals surface area contributed by atoms with Gasteiger partial charge in [0.05, 0.1) is 5.56 Å². The van der Waals surface area contributed by atoms with Crippen molar-refractivity contribution >= 4 is 27.6 Å². The molecule has 0 bridgehead atoms. The first-order chi connectivity index (χ1) is 9.08. The van der Waals surface area contributed by atoms with E-state index in [0.717, 1.165) is 15.6 Å². The first-order valence-corrected chi connectivity index (χ1v) is 6.49. The number of halogens is 1. The molecule has 4 nitrogen and oxygen atoms in total. The van der Waals surface area contributed by atoms with E-state index in [1.54, 1.807) is 24.5 Å². The van der Waals surface area contributed by atoms with Crippen LogP contribution in [0.4, 0.5) is 5.69 Å². The smallest absolute Gasteiger partial charge is 0.340 e. The number of aryl methyl sites for hydroxylation is 1. The fourth-order valence-corrected chi connectivity index (χ4v) is 2.14. The molecule has 0 amide bonds. The van der Waals surface area contributed by atoms with E-state index in [1.807, 2.05) is 19.1 Å². The standard InChI is InChI=1S/C14H13BrN2O2/c1-9-3-2-4-12(16)13(9)14(18)19-8-10-5-11(15)7-17-6-10/h2-7H,8,16H2,1H3. The van der Waals surface area contributed by atoms with Crippen LogP contribution in [0.3, 0.4) is 0 Å². The van der Waals surface area contributed by atoms with Gasteiger partial charge >= 0.3 is 5.97 Å². The maximum atomic E-state index is 12.0. The van der Waals surface area contributed by atoms with Crippen LogP contribution in [0.25, 0.3) is 0 Å². The molecule has 0 saturated carbocycles. The van der Waals surface area contributed by atoms with Gasteiger partial charge in [-0.3, -0.25) is 4.98 Å². The summed E-state index contributed by atoms with van der Waals surface area (Å²) >= 11 is 3.31. The lowest BCUT2D eigenvalue weighted by molar-refractivity contribution is 0.0473. The molecule has 1 aromatic carbocycles. The summed E-state index contributed by atoms with van der Waals surface area (Å²) in [6.45, 7) is 1.99. The molecule has 0 aliphatic rings. The monoisotopic (exact) mass is 320 g/mol. The average Bonchev–Trinajstić information content (AvgIpc) is 2.36. The molecule has 0 aliphatic heterocycles. The number of nitrogen functional groups attached to an aromatic ring is 1. The topological polar surface area (TPSA) is 65.2 Å². The van der Waals surface area contributed by atoms with Crippen LogP contribution in [-0.4, -0.2) is 11.0 Å². The molecule has 0 radical (unpaired) electrons. The third-order valence-electron chi connectivity index (χ3n) is 2.64. The van der Waals surface area contributed by atoms with Crippen molar-refractivity contribution in [2.45, 2.75) is 13.5 Å². The third-order valence-corrected chi connectivity index (χ3v) is 3.07. The zero-order valence-electron chi connectivity index (χ0n) is 10.4. The van der Waals surface area contributed by atoms with Gasteiger partial charge < -0.3 is 10.5 Å². The van der Waals surface area contributed by atoms with Crippen LogP contribution < -0.4 is 5.73 Å². The molecule has 0 unspecified atom stereocenters. The molecule has 0 saturated heterocycles. The molecule has 0 spiro atoms. The van der Waals surface area contributed by atoms with Gasteiger partial charge in [-0.05, 0) is 40.5 Å². The summed E-state index contributed by atoms with van der Waals surface area (Å²) in [6, 6.07) is 7.17. The predicted octanol–water partition coefficient (Wildman–Crippen LogP) is 3.09. The predicted molar refractivity (Wildman–Crippen MR) is 76.6 cm³/mol. The second-order valence-electron chi connectivity index (χ2n) is 4.13. The lowest BCUT2D eigenvalue weighted by atomic mass is 10.1. The zero-order chi connectivity index (χ0) is 13.8. The molecule has 0 aliphatic carbocycles. The van der Waals surface area contributed by atoms with Gasteiger partial charge in [-0.25, -0.2) is 4.79 Å². The lowest BCUT2D eigenvalue weighted by Gasteiger charge is -2.09. The second-order valence-corrected chi connectivity index (χ2v) is 5.04. The minimum Gasteiger partial charge on any atom is -0.457 e. The zero-order valence-corrected chi connectivity index (χ0v) is 12.0. The van der Waals surface area contributed by atoms with Crippen LogP contribution in [0.1, 0.15) is 21.5 Å². The maximum Gasteiger partial charge on any atom is 0.340 e. The molecule has 98 valence electrons. The van der Waals surface area contributed by atoms with E-state index in [4.69, 9.17) is 10.5 Å². The highest BCUT2D eigenvalue weighted by Crippen LogP contribution is 2.18. The van der Waals surface area contributed by atoms with Gasteiger partial charge in [0.25, 0.3) is 0 Å². The molecule has 19 heavy (non-hydrogen) atoms. The summed E-state index contributed by atoms with van der Waals surface area (Å²) < 4.78 is 6.09. The van der Waals surface area contributed by atoms with Crippen molar-refractivity contribution < 1.29 is 9.53 Å². The Morgan fingerprint density at radius 1 is 1.42 bits per heavy atom. The van der Waals surface area contributed by atoms with E-state index in [9.17, 15) is 4.79 Å². The fraction of sp³-hybridized carbons (Fsp3) is 0.143. The van der Waals surface area contributed by atoms with Crippen molar-refractivity contribution in [2.75, 3.05) is 5.73 Å². The minimum atomic E-state index is -0.421. The Morgan fingerprint density at radius 3 is 2.89 bits per heavy atom. The van der Waals surface area contributed by atoms with E-state index >= 15 is 0 Å². The number of rotatable bonds is 3. The normalized spacial score (nSPS) is 10.2. The van der Waals surface area contributed by atoms with Gasteiger partial charge in [-0.2, -0.15) is 0 Å². The molecule has 2 N–H and O–H groups in total. The summed E-state index contributed by atoms with van der Waals surface area (Å²) in [4.78, 5) is 16.0. The highest BCUT2D eigenvalue weighted by molar-refractivity contribution is 9.10. The number of benzene rings is 1. The minimum absolute atomic E-state index is 0.166. The molecular weight excluding hydrogens is 308 g/mol. The lowest BCUT2D eigenvalue weighted by Crippen LogP contribution is -2.10. The summed E-state index contributed by atoms with van der Waals surface area (Å²) in [6.07, 6.45) is 3.32. The van der Waals surface area contributed by atoms with Gasteiger partial charge in [-0.1, -0.05) is 12.1 Å². The second kappa shape index (κ2) is 5.84. The molecule has 5 heteroatoms. The van der Waals surface area contributed by atoms with Gasteiger partial charge in [0.2, 0.25) is 0 Å². The van der Waals surface area contributed by atoms with Crippen molar-refractivity contribution in [1.82, 2.24) is 4.98 Å². The van der Waals surface area contributed by atoms with E-state index in [1.165, 1.54) is 0 Å². The number of carbonyl (C=O) groups excluding carboxylic acids is 1. The van der Waals surface area contributed by atoms with Crippen molar-refractivity contribution in [3.63, 3.8) is 0 Å². The SMILES string of the molecule is Cc1cccc(N)c1C(=O)OCc1cncc(Br)c1. The number of nitrogens with zero attached hydrogens (tertiary/aromatic N) is 1. The number of esters is 1. The maximum absolute atomic E-state index is 12.0. The van der Waals surface area contributed by atoms with E-state index < -0.39 is 5.97 Å². The largest absolute Gasteiger partial charge is 0.457 e. The number of carbonyl (C=O) groups is 1. The Hall–Kier alpha value is -1.88. The Morgan fingerprint density at radius 2 is 2.21 bits per heavy atom. The highest BCUT2D eigenvalue weighted by atomic mass is 79.9. The van der Waals surface area contributed by atoms with Crippen LogP contribution in [0.15, 0.2) is 41.1 Å². The van der Waals surface area contributed by atoms with Crippen LogP contribution in [-0.2, 0) is 11.3 Å².